The summed E-state index contributed by atoms with van der Waals surface area (Å²) < 4.78 is 5.59. The zero-order valence-electron chi connectivity index (χ0n) is 17.2. The Hall–Kier alpha value is -2.86. The summed E-state index contributed by atoms with van der Waals surface area (Å²) in [6, 6.07) is 14.0. The van der Waals surface area contributed by atoms with E-state index in [1.54, 1.807) is 4.90 Å². The van der Waals surface area contributed by atoms with Gasteiger partial charge in [-0.25, -0.2) is 0 Å². The van der Waals surface area contributed by atoms with Crippen LogP contribution in [0, 0.1) is 0 Å². The molecule has 0 radical (unpaired) electrons. The number of fused-ring (bicyclic) bond motifs is 1. The lowest BCUT2D eigenvalue weighted by molar-refractivity contribution is -0.117. The summed E-state index contributed by atoms with van der Waals surface area (Å²) in [5.41, 5.74) is 4.20. The van der Waals surface area contributed by atoms with E-state index in [9.17, 15) is 9.59 Å². The number of nitrogens with zero attached hydrogens (tertiary/aromatic N) is 3. The lowest BCUT2D eigenvalue weighted by Gasteiger charge is -2.35. The fourth-order valence-corrected chi connectivity index (χ4v) is 4.59. The first-order valence-electron chi connectivity index (χ1n) is 10.8. The highest BCUT2D eigenvalue weighted by atomic mass is 16.5. The smallest absolute Gasteiger partial charge is 0.253 e. The van der Waals surface area contributed by atoms with E-state index in [2.05, 4.69) is 23.1 Å². The van der Waals surface area contributed by atoms with E-state index in [0.29, 0.717) is 12.0 Å². The largest absolute Gasteiger partial charge is 0.493 e. The number of carbonyl (C=O) groups excluding carboxylic acids is 2. The van der Waals surface area contributed by atoms with Crippen molar-refractivity contribution in [2.45, 2.75) is 25.8 Å². The summed E-state index contributed by atoms with van der Waals surface area (Å²) in [6.07, 6.45) is 2.52. The molecule has 156 valence electrons. The highest BCUT2D eigenvalue weighted by Gasteiger charge is 2.24. The number of rotatable bonds is 4. The van der Waals surface area contributed by atoms with Crippen LogP contribution in [0.5, 0.6) is 5.75 Å². The minimum atomic E-state index is 0.0728. The van der Waals surface area contributed by atoms with Crippen molar-refractivity contribution in [1.29, 1.82) is 0 Å². The zero-order valence-corrected chi connectivity index (χ0v) is 17.2. The Labute approximate surface area is 177 Å². The Morgan fingerprint density at radius 2 is 1.73 bits per heavy atom. The number of ether oxygens (including phenoxy) is 1. The van der Waals surface area contributed by atoms with Gasteiger partial charge in [0.1, 0.15) is 5.75 Å². The number of carbonyl (C=O) groups is 2. The molecule has 3 heterocycles. The van der Waals surface area contributed by atoms with Crippen LogP contribution in [0.1, 0.15) is 34.3 Å². The van der Waals surface area contributed by atoms with Crippen LogP contribution >= 0.6 is 0 Å². The van der Waals surface area contributed by atoms with Crippen molar-refractivity contribution >= 4 is 17.5 Å². The first-order chi connectivity index (χ1) is 14.7. The fourth-order valence-electron chi connectivity index (χ4n) is 4.59. The predicted molar refractivity (Wildman–Crippen MR) is 115 cm³/mol. The van der Waals surface area contributed by atoms with Gasteiger partial charge in [0.15, 0.2) is 0 Å². The molecular formula is C24H27N3O3. The van der Waals surface area contributed by atoms with E-state index in [-0.39, 0.29) is 11.8 Å². The second kappa shape index (κ2) is 8.11. The molecule has 5 rings (SSSR count). The monoisotopic (exact) mass is 405 g/mol. The molecule has 3 aliphatic rings. The summed E-state index contributed by atoms with van der Waals surface area (Å²) >= 11 is 0. The van der Waals surface area contributed by atoms with Gasteiger partial charge >= 0.3 is 0 Å². The average Bonchev–Trinajstić information content (AvgIpc) is 3.42. The van der Waals surface area contributed by atoms with Gasteiger partial charge in [-0.05, 0) is 47.9 Å². The lowest BCUT2D eigenvalue weighted by Crippen LogP contribution is -2.48. The lowest BCUT2D eigenvalue weighted by atomic mass is 10.1. The van der Waals surface area contributed by atoms with Crippen LogP contribution in [0.2, 0.25) is 0 Å². The Balaban J connectivity index is 1.16. The molecule has 2 aromatic carbocycles. The van der Waals surface area contributed by atoms with Crippen LogP contribution in [0.25, 0.3) is 0 Å². The van der Waals surface area contributed by atoms with Gasteiger partial charge in [0.25, 0.3) is 5.91 Å². The van der Waals surface area contributed by atoms with Crippen molar-refractivity contribution in [2.75, 3.05) is 44.2 Å². The van der Waals surface area contributed by atoms with Gasteiger partial charge in [0, 0.05) is 63.4 Å². The minimum absolute atomic E-state index is 0.0728. The molecule has 2 aromatic rings. The van der Waals surface area contributed by atoms with Crippen molar-refractivity contribution in [3.63, 3.8) is 0 Å². The van der Waals surface area contributed by atoms with Gasteiger partial charge in [0.05, 0.1) is 6.61 Å². The molecule has 0 aliphatic carbocycles. The third-order valence-corrected chi connectivity index (χ3v) is 6.32. The highest BCUT2D eigenvalue weighted by molar-refractivity contribution is 5.97. The quantitative estimate of drug-likeness (QED) is 0.785. The zero-order chi connectivity index (χ0) is 20.5. The second-order valence-electron chi connectivity index (χ2n) is 8.30. The van der Waals surface area contributed by atoms with Crippen molar-refractivity contribution in [1.82, 2.24) is 9.80 Å². The maximum Gasteiger partial charge on any atom is 0.253 e. The molecule has 6 nitrogen and oxygen atoms in total. The summed E-state index contributed by atoms with van der Waals surface area (Å²) in [5.74, 6) is 1.26. The maximum atomic E-state index is 12.9. The van der Waals surface area contributed by atoms with Crippen LogP contribution in [0.4, 0.5) is 5.69 Å². The normalized spacial score (nSPS) is 19.1. The number of hydrogen-bond acceptors (Lipinski definition) is 4. The summed E-state index contributed by atoms with van der Waals surface area (Å²) in [7, 11) is 0. The van der Waals surface area contributed by atoms with Gasteiger partial charge in [-0.2, -0.15) is 0 Å². The SMILES string of the molecule is O=C(c1ccc(N2CCCC2=O)cc1)N1CCN(Cc2ccc3c(c2)CCO3)CC1. The van der Waals surface area contributed by atoms with E-state index in [1.165, 1.54) is 11.1 Å². The predicted octanol–water partition coefficient (Wildman–Crippen LogP) is 2.71. The fraction of sp³-hybridized carbons (Fsp3) is 0.417. The molecule has 2 saturated heterocycles. The number of piperazine rings is 1. The van der Waals surface area contributed by atoms with Crippen LogP contribution in [0.3, 0.4) is 0 Å². The molecular weight excluding hydrogens is 378 g/mol. The topological polar surface area (TPSA) is 53.1 Å². The van der Waals surface area contributed by atoms with Crippen LogP contribution in [-0.4, -0.2) is 60.9 Å². The second-order valence-corrected chi connectivity index (χ2v) is 8.30. The Bertz CT molecular complexity index is 949. The van der Waals surface area contributed by atoms with Crippen molar-refractivity contribution < 1.29 is 14.3 Å². The molecule has 6 heteroatoms. The summed E-state index contributed by atoms with van der Waals surface area (Å²) in [5, 5.41) is 0. The molecule has 0 atom stereocenters. The molecule has 0 bridgehead atoms. The van der Waals surface area contributed by atoms with Crippen LogP contribution in [-0.2, 0) is 17.8 Å². The van der Waals surface area contributed by atoms with Crippen LogP contribution < -0.4 is 9.64 Å². The minimum Gasteiger partial charge on any atom is -0.493 e. The third-order valence-electron chi connectivity index (χ3n) is 6.32. The van der Waals surface area contributed by atoms with Gasteiger partial charge < -0.3 is 14.5 Å². The molecule has 0 saturated carbocycles. The van der Waals surface area contributed by atoms with Gasteiger partial charge in [0.2, 0.25) is 5.91 Å². The van der Waals surface area contributed by atoms with Crippen LogP contribution in [0.15, 0.2) is 42.5 Å². The van der Waals surface area contributed by atoms with E-state index >= 15 is 0 Å². The molecule has 2 amide bonds. The first kappa shape index (κ1) is 19.1. The summed E-state index contributed by atoms with van der Waals surface area (Å²) in [6.45, 7) is 5.69. The Morgan fingerprint density at radius 3 is 2.47 bits per heavy atom. The molecule has 0 unspecified atom stereocenters. The number of amides is 2. The maximum absolute atomic E-state index is 12.9. The third kappa shape index (κ3) is 3.79. The molecule has 2 fully saturated rings. The van der Waals surface area contributed by atoms with E-state index < -0.39 is 0 Å². The van der Waals surface area contributed by atoms with Crippen molar-refractivity contribution in [3.8, 4) is 5.75 Å². The number of anilines is 1. The molecule has 0 N–H and O–H groups in total. The standard InChI is InChI=1S/C24H27N3O3/c28-23-2-1-10-27(23)21-6-4-19(5-7-21)24(29)26-13-11-25(12-14-26)17-18-3-8-22-20(16-18)9-15-30-22/h3-8,16H,1-2,9-15,17H2. The summed E-state index contributed by atoms with van der Waals surface area (Å²) in [4.78, 5) is 30.9. The molecule has 0 spiro atoms. The van der Waals surface area contributed by atoms with Crippen molar-refractivity contribution in [3.05, 3.63) is 59.2 Å². The average molecular weight is 405 g/mol. The van der Waals surface area contributed by atoms with E-state index in [1.807, 2.05) is 29.2 Å². The van der Waals surface area contributed by atoms with Gasteiger partial charge in [-0.1, -0.05) is 12.1 Å². The van der Waals surface area contributed by atoms with Gasteiger partial charge in [-0.15, -0.1) is 0 Å². The van der Waals surface area contributed by atoms with E-state index in [4.69, 9.17) is 4.74 Å². The first-order valence-corrected chi connectivity index (χ1v) is 10.8. The highest BCUT2D eigenvalue weighted by Crippen LogP contribution is 2.27. The Morgan fingerprint density at radius 1 is 0.933 bits per heavy atom. The van der Waals surface area contributed by atoms with E-state index in [0.717, 1.165) is 70.2 Å². The van der Waals surface area contributed by atoms with Crippen molar-refractivity contribution in [2.24, 2.45) is 0 Å². The molecule has 30 heavy (non-hydrogen) atoms. The molecule has 3 aliphatic heterocycles. The number of hydrogen-bond donors (Lipinski definition) is 0. The molecule has 0 aromatic heterocycles. The number of benzene rings is 2. The van der Waals surface area contributed by atoms with Gasteiger partial charge in [-0.3, -0.25) is 14.5 Å². The Kier molecular flexibility index (Phi) is 5.17.